The van der Waals surface area contributed by atoms with Crippen LogP contribution in [-0.4, -0.2) is 40.7 Å². The summed E-state index contributed by atoms with van der Waals surface area (Å²) in [6.07, 6.45) is 0.597. The van der Waals surface area contributed by atoms with Gasteiger partial charge in [0.1, 0.15) is 0 Å². The average molecular weight is 560 g/mol. The normalized spacial score (nSPS) is 12.6. The number of nitrogens with one attached hydrogen (secondary N) is 2. The number of pyridine rings is 1. The molecule has 10 heteroatoms. The lowest BCUT2D eigenvalue weighted by atomic mass is 10.1. The smallest absolute Gasteiger partial charge is 0.240 e. The zero-order valence-corrected chi connectivity index (χ0v) is 23.5. The molecular formula is C29H29N5O3S2. The average Bonchev–Trinajstić information content (AvgIpc) is 3.31. The third kappa shape index (κ3) is 5.83. The van der Waals surface area contributed by atoms with Crippen molar-refractivity contribution in [3.05, 3.63) is 95.6 Å². The minimum Gasteiger partial charge on any atom is -0.325 e. The maximum absolute atomic E-state index is 13.0. The van der Waals surface area contributed by atoms with Crippen molar-refractivity contribution in [3.63, 3.8) is 0 Å². The van der Waals surface area contributed by atoms with Gasteiger partial charge in [0.15, 0.2) is 10.8 Å². The van der Waals surface area contributed by atoms with Crippen molar-refractivity contribution in [2.45, 2.75) is 42.5 Å². The number of amides is 1. The molecule has 3 aromatic carbocycles. The van der Waals surface area contributed by atoms with E-state index in [2.05, 4.69) is 46.2 Å². The number of hydrogen-bond donors (Lipinski definition) is 2. The summed E-state index contributed by atoms with van der Waals surface area (Å²) in [4.78, 5) is 13.1. The van der Waals surface area contributed by atoms with Gasteiger partial charge in [-0.05, 0) is 74.2 Å². The van der Waals surface area contributed by atoms with Crippen LogP contribution in [0.3, 0.4) is 0 Å². The van der Waals surface area contributed by atoms with Gasteiger partial charge in [0.2, 0.25) is 15.9 Å². The predicted molar refractivity (Wildman–Crippen MR) is 156 cm³/mol. The first kappa shape index (κ1) is 26.9. The number of benzene rings is 3. The monoisotopic (exact) mass is 559 g/mol. The molecule has 0 radical (unpaired) electrons. The zero-order chi connectivity index (χ0) is 27.6. The quantitative estimate of drug-likeness (QED) is 0.242. The van der Waals surface area contributed by atoms with E-state index in [1.54, 1.807) is 19.1 Å². The molecular weight excluding hydrogens is 530 g/mol. The summed E-state index contributed by atoms with van der Waals surface area (Å²) in [7, 11) is -3.66. The van der Waals surface area contributed by atoms with E-state index < -0.39 is 15.3 Å². The van der Waals surface area contributed by atoms with Crippen LogP contribution in [-0.2, 0) is 21.2 Å². The first-order chi connectivity index (χ1) is 18.7. The second-order valence-electron chi connectivity index (χ2n) is 9.38. The molecule has 5 aromatic rings. The van der Waals surface area contributed by atoms with Crippen molar-refractivity contribution < 1.29 is 13.2 Å². The van der Waals surface area contributed by atoms with Crippen LogP contribution < -0.4 is 10.0 Å². The number of nitrogens with zero attached hydrogens (tertiary/aromatic N) is 3. The van der Waals surface area contributed by atoms with E-state index in [9.17, 15) is 13.2 Å². The van der Waals surface area contributed by atoms with Gasteiger partial charge in [0, 0.05) is 17.6 Å². The van der Waals surface area contributed by atoms with Gasteiger partial charge in [-0.25, -0.2) is 13.1 Å². The maximum atomic E-state index is 13.0. The molecule has 0 aliphatic heterocycles. The molecule has 0 fully saturated rings. The lowest BCUT2D eigenvalue weighted by Gasteiger charge is -2.13. The Bertz CT molecular complexity index is 1750. The van der Waals surface area contributed by atoms with Crippen LogP contribution in [0.1, 0.15) is 23.6 Å². The van der Waals surface area contributed by atoms with Crippen molar-refractivity contribution >= 4 is 49.9 Å². The van der Waals surface area contributed by atoms with E-state index in [0.29, 0.717) is 23.8 Å². The van der Waals surface area contributed by atoms with E-state index in [1.165, 1.54) is 23.9 Å². The first-order valence-corrected chi connectivity index (χ1v) is 14.9. The number of aryl methyl sites for hydroxylation is 2. The van der Waals surface area contributed by atoms with E-state index in [1.807, 2.05) is 46.9 Å². The molecule has 0 saturated carbocycles. The summed E-state index contributed by atoms with van der Waals surface area (Å²) < 4.78 is 30.0. The zero-order valence-electron chi connectivity index (χ0n) is 21.9. The Labute approximate surface area is 231 Å². The molecule has 0 aliphatic carbocycles. The minimum absolute atomic E-state index is 0.142. The minimum atomic E-state index is -3.66. The van der Waals surface area contributed by atoms with Crippen LogP contribution in [0.5, 0.6) is 0 Å². The van der Waals surface area contributed by atoms with E-state index in [0.717, 1.165) is 33.2 Å². The second-order valence-corrected chi connectivity index (χ2v) is 12.5. The van der Waals surface area contributed by atoms with E-state index in [-0.39, 0.29) is 10.8 Å². The fourth-order valence-electron chi connectivity index (χ4n) is 4.44. The van der Waals surface area contributed by atoms with Crippen molar-refractivity contribution in [2.75, 3.05) is 11.9 Å². The van der Waals surface area contributed by atoms with Gasteiger partial charge in [-0.2, -0.15) is 0 Å². The molecule has 2 N–H and O–H groups in total. The van der Waals surface area contributed by atoms with Crippen LogP contribution in [0, 0.1) is 13.8 Å². The van der Waals surface area contributed by atoms with Crippen LogP contribution in [0.15, 0.2) is 88.9 Å². The van der Waals surface area contributed by atoms with Gasteiger partial charge in [-0.1, -0.05) is 60.3 Å². The summed E-state index contributed by atoms with van der Waals surface area (Å²) in [6.45, 7) is 6.20. The number of para-hydroxylation sites is 1. The third-order valence-corrected chi connectivity index (χ3v) is 9.04. The van der Waals surface area contributed by atoms with Crippen molar-refractivity contribution in [2.24, 2.45) is 0 Å². The van der Waals surface area contributed by atoms with Gasteiger partial charge in [0.05, 0.1) is 15.7 Å². The van der Waals surface area contributed by atoms with Crippen molar-refractivity contribution in [1.82, 2.24) is 19.3 Å². The molecule has 0 spiro atoms. The molecule has 0 saturated heterocycles. The Balaban J connectivity index is 1.25. The SMILES string of the molecule is Cc1cc2nnc(SC(C)C(=O)Nc3ccc(S(=O)(=O)NCCc4ccccc4)cc3)n2c2c(C)cccc12. The Morgan fingerprint density at radius 3 is 2.44 bits per heavy atom. The number of fused-ring (bicyclic) bond motifs is 3. The lowest BCUT2D eigenvalue weighted by Crippen LogP contribution is -2.26. The molecule has 5 rings (SSSR count). The van der Waals surface area contributed by atoms with E-state index in [4.69, 9.17) is 0 Å². The molecule has 200 valence electrons. The molecule has 0 aliphatic rings. The van der Waals surface area contributed by atoms with Gasteiger partial charge in [0.25, 0.3) is 0 Å². The Morgan fingerprint density at radius 2 is 1.69 bits per heavy atom. The Morgan fingerprint density at radius 1 is 0.949 bits per heavy atom. The van der Waals surface area contributed by atoms with Gasteiger partial charge >= 0.3 is 0 Å². The molecule has 39 heavy (non-hydrogen) atoms. The van der Waals surface area contributed by atoms with Crippen molar-refractivity contribution in [3.8, 4) is 0 Å². The summed E-state index contributed by atoms with van der Waals surface area (Å²) >= 11 is 1.32. The van der Waals surface area contributed by atoms with Crippen LogP contribution in [0.25, 0.3) is 16.6 Å². The van der Waals surface area contributed by atoms with Crippen LogP contribution >= 0.6 is 11.8 Å². The number of rotatable bonds is 9. The number of carbonyl (C=O) groups is 1. The second kappa shape index (κ2) is 11.2. The van der Waals surface area contributed by atoms with Crippen molar-refractivity contribution in [1.29, 1.82) is 0 Å². The predicted octanol–water partition coefficient (Wildman–Crippen LogP) is 5.14. The highest BCUT2D eigenvalue weighted by Crippen LogP contribution is 2.30. The fourth-order valence-corrected chi connectivity index (χ4v) is 6.33. The Kier molecular flexibility index (Phi) is 7.69. The molecule has 8 nitrogen and oxygen atoms in total. The highest BCUT2D eigenvalue weighted by Gasteiger charge is 2.21. The van der Waals surface area contributed by atoms with Crippen LogP contribution in [0.4, 0.5) is 5.69 Å². The highest BCUT2D eigenvalue weighted by atomic mass is 32.2. The topological polar surface area (TPSA) is 105 Å². The highest BCUT2D eigenvalue weighted by molar-refractivity contribution is 8.00. The largest absolute Gasteiger partial charge is 0.325 e. The Hall–Kier alpha value is -3.73. The van der Waals surface area contributed by atoms with Gasteiger partial charge in [-0.3, -0.25) is 9.20 Å². The third-order valence-electron chi connectivity index (χ3n) is 6.52. The number of sulfonamides is 1. The van der Waals surface area contributed by atoms with Gasteiger partial charge in [-0.15, -0.1) is 10.2 Å². The van der Waals surface area contributed by atoms with Crippen LogP contribution in [0.2, 0.25) is 0 Å². The molecule has 2 heterocycles. The molecule has 1 amide bonds. The summed E-state index contributed by atoms with van der Waals surface area (Å²) in [5.74, 6) is -0.221. The summed E-state index contributed by atoms with van der Waals surface area (Å²) in [5.41, 5.74) is 5.55. The maximum Gasteiger partial charge on any atom is 0.240 e. The van der Waals surface area contributed by atoms with E-state index >= 15 is 0 Å². The molecule has 1 atom stereocenters. The number of aromatic nitrogens is 3. The summed E-state index contributed by atoms with van der Waals surface area (Å²) in [6, 6.07) is 24.0. The number of hydrogen-bond acceptors (Lipinski definition) is 6. The number of anilines is 1. The number of carbonyl (C=O) groups excluding carboxylic acids is 1. The lowest BCUT2D eigenvalue weighted by molar-refractivity contribution is -0.115. The standard InChI is InChI=1S/C29H29N5O3S2/c1-19-8-7-11-25-20(2)18-26-32-33-29(34(26)27(19)25)38-21(3)28(35)31-23-12-14-24(15-13-23)39(36,37)30-17-16-22-9-5-4-6-10-22/h4-15,18,21,30H,16-17H2,1-3H3,(H,31,35). The molecule has 0 bridgehead atoms. The first-order valence-electron chi connectivity index (χ1n) is 12.6. The number of thioether (sulfide) groups is 1. The molecule has 1 unspecified atom stereocenters. The fraction of sp³-hybridized carbons (Fsp3) is 0.207. The van der Waals surface area contributed by atoms with Gasteiger partial charge < -0.3 is 5.32 Å². The summed E-state index contributed by atoms with van der Waals surface area (Å²) in [5, 5.41) is 12.8. The molecule has 2 aromatic heterocycles.